The highest BCUT2D eigenvalue weighted by molar-refractivity contribution is 5.78. The van der Waals surface area contributed by atoms with E-state index in [2.05, 4.69) is 5.32 Å². The first-order chi connectivity index (χ1) is 11.0. The summed E-state index contributed by atoms with van der Waals surface area (Å²) in [5, 5.41) is 2.91. The number of Topliss-reactive ketones (excluding diaryl/α,β-unsaturated/α-hetero) is 1. The molecule has 0 aromatic carbocycles. The first-order valence-corrected chi connectivity index (χ1v) is 9.06. The molecule has 0 fully saturated rings. The lowest BCUT2D eigenvalue weighted by molar-refractivity contribution is -0.124. The van der Waals surface area contributed by atoms with Gasteiger partial charge in [-0.25, -0.2) is 0 Å². The molecule has 0 aliphatic heterocycles. The van der Waals surface area contributed by atoms with Crippen molar-refractivity contribution in [3.63, 3.8) is 0 Å². The molecule has 0 heterocycles. The molecule has 0 atom stereocenters. The van der Waals surface area contributed by atoms with Crippen molar-refractivity contribution >= 4 is 11.7 Å². The number of nitrogens with one attached hydrogen (secondary N) is 1. The molecular formula is C19H37NO4. The molecule has 5 heteroatoms. The van der Waals surface area contributed by atoms with E-state index in [1.54, 1.807) is 0 Å². The molecule has 24 heavy (non-hydrogen) atoms. The summed E-state index contributed by atoms with van der Waals surface area (Å²) in [4.78, 5) is 22.9. The van der Waals surface area contributed by atoms with E-state index < -0.39 is 0 Å². The van der Waals surface area contributed by atoms with Crippen LogP contribution in [-0.2, 0) is 19.1 Å². The summed E-state index contributed by atoms with van der Waals surface area (Å²) in [5.74, 6) is 0.306. The summed E-state index contributed by atoms with van der Waals surface area (Å²) >= 11 is 0. The van der Waals surface area contributed by atoms with Gasteiger partial charge >= 0.3 is 0 Å². The second kappa shape index (κ2) is 10.8. The van der Waals surface area contributed by atoms with Crippen molar-refractivity contribution in [3.05, 3.63) is 0 Å². The van der Waals surface area contributed by atoms with Gasteiger partial charge in [-0.2, -0.15) is 0 Å². The highest BCUT2D eigenvalue weighted by atomic mass is 16.5. The van der Waals surface area contributed by atoms with Gasteiger partial charge < -0.3 is 14.8 Å². The van der Waals surface area contributed by atoms with Crippen molar-refractivity contribution in [1.29, 1.82) is 0 Å². The van der Waals surface area contributed by atoms with Gasteiger partial charge in [-0.15, -0.1) is 0 Å². The summed E-state index contributed by atoms with van der Waals surface area (Å²) in [6, 6.07) is 0. The molecule has 0 saturated heterocycles. The fraction of sp³-hybridized carbons (Fsp3) is 0.895. The Morgan fingerprint density at radius 2 is 1.50 bits per heavy atom. The van der Waals surface area contributed by atoms with Gasteiger partial charge in [-0.3, -0.25) is 9.59 Å². The maximum absolute atomic E-state index is 11.6. The van der Waals surface area contributed by atoms with E-state index in [-0.39, 0.29) is 28.8 Å². The zero-order chi connectivity index (χ0) is 18.8. The summed E-state index contributed by atoms with van der Waals surface area (Å²) in [7, 11) is 0. The fourth-order valence-corrected chi connectivity index (χ4v) is 2.03. The number of ether oxygens (including phenoxy) is 2. The normalized spacial score (nSPS) is 12.5. The molecule has 0 spiro atoms. The lowest BCUT2D eigenvalue weighted by atomic mass is 10.0. The van der Waals surface area contributed by atoms with Crippen molar-refractivity contribution in [3.8, 4) is 0 Å². The summed E-state index contributed by atoms with van der Waals surface area (Å²) in [5.41, 5.74) is -0.603. The Morgan fingerprint density at radius 1 is 0.958 bits per heavy atom. The minimum absolute atomic E-state index is 0.00608. The fourth-order valence-electron chi connectivity index (χ4n) is 2.03. The van der Waals surface area contributed by atoms with Crippen LogP contribution in [0.1, 0.15) is 74.1 Å². The van der Waals surface area contributed by atoms with E-state index in [1.165, 1.54) is 0 Å². The van der Waals surface area contributed by atoms with Crippen molar-refractivity contribution in [2.45, 2.75) is 85.4 Å². The first kappa shape index (κ1) is 23.1. The van der Waals surface area contributed by atoms with Crippen molar-refractivity contribution in [1.82, 2.24) is 5.32 Å². The van der Waals surface area contributed by atoms with Gasteiger partial charge in [0.15, 0.2) is 0 Å². The average Bonchev–Trinajstić information content (AvgIpc) is 2.45. The van der Waals surface area contributed by atoms with Gasteiger partial charge in [-0.1, -0.05) is 20.8 Å². The zero-order valence-electron chi connectivity index (χ0n) is 16.7. The minimum atomic E-state index is -0.310. The Bertz CT molecular complexity index is 389. The SMILES string of the molecule is CCC(=O)CCOC(C)(C)CCOC(C)(C)CCNC(=O)C(C)C. The molecule has 0 aliphatic rings. The van der Waals surface area contributed by atoms with Crippen LogP contribution in [0.3, 0.4) is 0 Å². The van der Waals surface area contributed by atoms with Crippen molar-refractivity contribution in [2.24, 2.45) is 5.92 Å². The van der Waals surface area contributed by atoms with Gasteiger partial charge in [0.2, 0.25) is 5.91 Å². The summed E-state index contributed by atoms with van der Waals surface area (Å²) in [6.07, 6.45) is 2.56. The molecule has 0 bridgehead atoms. The van der Waals surface area contributed by atoms with Crippen LogP contribution in [0, 0.1) is 5.92 Å². The number of rotatable bonds is 13. The van der Waals surface area contributed by atoms with Crippen LogP contribution < -0.4 is 5.32 Å². The molecule has 0 aromatic heterocycles. The van der Waals surface area contributed by atoms with Crippen LogP contribution in [0.2, 0.25) is 0 Å². The highest BCUT2D eigenvalue weighted by Gasteiger charge is 2.23. The number of carbonyl (C=O) groups excluding carboxylic acids is 2. The molecule has 0 rings (SSSR count). The lowest BCUT2D eigenvalue weighted by Gasteiger charge is -2.30. The number of amides is 1. The van der Waals surface area contributed by atoms with Gasteiger partial charge in [0.05, 0.1) is 24.4 Å². The highest BCUT2D eigenvalue weighted by Crippen LogP contribution is 2.19. The lowest BCUT2D eigenvalue weighted by Crippen LogP contribution is -2.36. The van der Waals surface area contributed by atoms with Gasteiger partial charge in [0, 0.05) is 25.3 Å². The molecule has 0 radical (unpaired) electrons. The largest absolute Gasteiger partial charge is 0.375 e. The predicted octanol–water partition coefficient (Wildman–Crippen LogP) is 3.50. The Kier molecular flexibility index (Phi) is 10.4. The summed E-state index contributed by atoms with van der Waals surface area (Å²) in [6.45, 7) is 15.4. The van der Waals surface area contributed by atoms with E-state index in [4.69, 9.17) is 9.47 Å². The van der Waals surface area contributed by atoms with E-state index in [9.17, 15) is 9.59 Å². The molecule has 0 aliphatic carbocycles. The molecule has 142 valence electrons. The zero-order valence-corrected chi connectivity index (χ0v) is 16.7. The molecule has 0 aromatic rings. The van der Waals surface area contributed by atoms with Crippen molar-refractivity contribution in [2.75, 3.05) is 19.8 Å². The number of carbonyl (C=O) groups is 2. The second-order valence-electron chi connectivity index (χ2n) is 7.80. The van der Waals surface area contributed by atoms with E-state index in [1.807, 2.05) is 48.5 Å². The van der Waals surface area contributed by atoms with E-state index in [0.717, 1.165) is 12.8 Å². The predicted molar refractivity (Wildman–Crippen MR) is 97.1 cm³/mol. The van der Waals surface area contributed by atoms with Crippen LogP contribution in [0.4, 0.5) is 0 Å². The molecule has 1 N–H and O–H groups in total. The molecule has 0 unspecified atom stereocenters. The van der Waals surface area contributed by atoms with Crippen LogP contribution in [0.15, 0.2) is 0 Å². The average molecular weight is 344 g/mol. The van der Waals surface area contributed by atoms with Crippen molar-refractivity contribution < 1.29 is 19.1 Å². The number of hydrogen-bond donors (Lipinski definition) is 1. The quantitative estimate of drug-likeness (QED) is 0.556. The van der Waals surface area contributed by atoms with E-state index in [0.29, 0.717) is 32.6 Å². The third-order valence-electron chi connectivity index (χ3n) is 4.02. The van der Waals surface area contributed by atoms with Crippen LogP contribution in [0.25, 0.3) is 0 Å². The second-order valence-corrected chi connectivity index (χ2v) is 7.80. The Morgan fingerprint density at radius 3 is 2.04 bits per heavy atom. The van der Waals surface area contributed by atoms with Crippen LogP contribution in [0.5, 0.6) is 0 Å². The van der Waals surface area contributed by atoms with E-state index >= 15 is 0 Å². The van der Waals surface area contributed by atoms with Crippen LogP contribution in [-0.4, -0.2) is 42.7 Å². The van der Waals surface area contributed by atoms with Gasteiger partial charge in [0.1, 0.15) is 5.78 Å². The third kappa shape index (κ3) is 11.6. The number of ketones is 1. The molecule has 1 amide bonds. The monoisotopic (exact) mass is 343 g/mol. The minimum Gasteiger partial charge on any atom is -0.375 e. The Hall–Kier alpha value is -0.940. The number of hydrogen-bond acceptors (Lipinski definition) is 4. The smallest absolute Gasteiger partial charge is 0.222 e. The topological polar surface area (TPSA) is 64.6 Å². The standard InChI is InChI=1S/C19H37NO4/c1-8-16(21)9-13-23-19(6,7)11-14-24-18(4,5)10-12-20-17(22)15(2)3/h15H,8-14H2,1-7H3,(H,20,22). The first-order valence-electron chi connectivity index (χ1n) is 9.06. The van der Waals surface area contributed by atoms with Crippen LogP contribution >= 0.6 is 0 Å². The molecule has 5 nitrogen and oxygen atoms in total. The Labute approximate surface area is 147 Å². The maximum atomic E-state index is 11.6. The van der Waals surface area contributed by atoms with Gasteiger partial charge in [0.25, 0.3) is 0 Å². The molecule has 0 saturated carbocycles. The maximum Gasteiger partial charge on any atom is 0.222 e. The Balaban J connectivity index is 4.00. The van der Waals surface area contributed by atoms with Gasteiger partial charge in [-0.05, 0) is 40.5 Å². The summed E-state index contributed by atoms with van der Waals surface area (Å²) < 4.78 is 11.8. The third-order valence-corrected chi connectivity index (χ3v) is 4.02. The molecular weight excluding hydrogens is 306 g/mol.